The number of hydrogen-bond donors (Lipinski definition) is 0. The van der Waals surface area contributed by atoms with Gasteiger partial charge in [-0.3, -0.25) is 0 Å². The normalized spacial score (nSPS) is 15.1. The van der Waals surface area contributed by atoms with Gasteiger partial charge >= 0.3 is 0 Å². The van der Waals surface area contributed by atoms with E-state index in [0.717, 1.165) is 45.0 Å². The Hall–Kier alpha value is -7.10. The Kier molecular flexibility index (Phi) is 5.98. The first-order chi connectivity index (χ1) is 26.8. The number of benzene rings is 8. The molecule has 0 bridgehead atoms. The molecular formula is C51H32N2O. The largest absolute Gasteiger partial charge is 0.456 e. The van der Waals surface area contributed by atoms with Gasteiger partial charge in [0.15, 0.2) is 0 Å². The highest BCUT2D eigenvalue weighted by Gasteiger charge is 2.54. The zero-order valence-electron chi connectivity index (χ0n) is 29.3. The predicted molar refractivity (Wildman–Crippen MR) is 222 cm³/mol. The van der Waals surface area contributed by atoms with E-state index >= 15 is 0 Å². The third-order valence-electron chi connectivity index (χ3n) is 11.8. The highest BCUT2D eigenvalue weighted by molar-refractivity contribution is 6.09. The molecule has 0 amide bonds. The second-order valence-corrected chi connectivity index (χ2v) is 14.4. The summed E-state index contributed by atoms with van der Waals surface area (Å²) in [5.74, 6) is 0.952. The lowest BCUT2D eigenvalue weighted by Crippen LogP contribution is -2.26. The second kappa shape index (κ2) is 11.0. The minimum absolute atomic E-state index is 0.618. The summed E-state index contributed by atoms with van der Waals surface area (Å²) in [7, 11) is 0. The van der Waals surface area contributed by atoms with Crippen LogP contribution >= 0.6 is 0 Å². The maximum atomic E-state index is 6.92. The van der Waals surface area contributed by atoms with E-state index in [9.17, 15) is 0 Å². The van der Waals surface area contributed by atoms with Crippen LogP contribution in [-0.2, 0) is 5.41 Å². The van der Waals surface area contributed by atoms with Crippen LogP contribution < -0.4 is 4.90 Å². The number of fused-ring (bicyclic) bond motifs is 15. The van der Waals surface area contributed by atoms with Crippen LogP contribution in [0, 0.1) is 0 Å². The number of anilines is 3. The minimum Gasteiger partial charge on any atom is -0.456 e. The van der Waals surface area contributed by atoms with Crippen LogP contribution in [0.4, 0.5) is 17.1 Å². The summed E-state index contributed by atoms with van der Waals surface area (Å²) in [6, 6.07) is 70.6. The molecule has 1 unspecified atom stereocenters. The minimum atomic E-state index is -0.618. The monoisotopic (exact) mass is 688 g/mol. The van der Waals surface area contributed by atoms with Gasteiger partial charge < -0.3 is 13.9 Å². The Morgan fingerprint density at radius 1 is 0.407 bits per heavy atom. The average molecular weight is 689 g/mol. The SMILES string of the molecule is c1ccc(N(c2ccccc2)c2ccc3c(c2)C2(c4ccccc4-c4ccc(-n5c6ccccc6c6ccccc65)cc42)c2c-3oc3ccccc23)cc1. The third kappa shape index (κ3) is 3.80. The van der Waals surface area contributed by atoms with Gasteiger partial charge in [0, 0.05) is 50.0 Å². The second-order valence-electron chi connectivity index (χ2n) is 14.4. The van der Waals surface area contributed by atoms with Crippen molar-refractivity contribution < 1.29 is 4.42 Å². The Morgan fingerprint density at radius 2 is 0.963 bits per heavy atom. The molecule has 252 valence electrons. The average Bonchev–Trinajstić information content (AvgIpc) is 3.95. The number of rotatable bonds is 4. The van der Waals surface area contributed by atoms with Crippen LogP contribution in [0.15, 0.2) is 199 Å². The Labute approximate surface area is 312 Å². The maximum Gasteiger partial charge on any atom is 0.140 e. The fourth-order valence-electron chi connectivity index (χ4n) is 9.69. The van der Waals surface area contributed by atoms with Crippen molar-refractivity contribution in [1.29, 1.82) is 0 Å². The van der Waals surface area contributed by atoms with E-state index in [-0.39, 0.29) is 0 Å². The smallest absolute Gasteiger partial charge is 0.140 e. The lowest BCUT2D eigenvalue weighted by atomic mass is 9.70. The van der Waals surface area contributed by atoms with Crippen molar-refractivity contribution >= 4 is 49.8 Å². The number of nitrogens with zero attached hydrogens (tertiary/aromatic N) is 2. The molecule has 3 heteroatoms. The van der Waals surface area contributed by atoms with E-state index in [4.69, 9.17) is 4.42 Å². The molecule has 10 aromatic rings. The molecule has 2 heterocycles. The molecule has 2 aliphatic carbocycles. The summed E-state index contributed by atoms with van der Waals surface area (Å²) in [5, 5.41) is 3.66. The summed E-state index contributed by atoms with van der Waals surface area (Å²) < 4.78 is 9.36. The summed E-state index contributed by atoms with van der Waals surface area (Å²) in [5.41, 5.74) is 15.8. The molecule has 3 nitrogen and oxygen atoms in total. The van der Waals surface area contributed by atoms with Crippen molar-refractivity contribution in [3.8, 4) is 28.1 Å². The van der Waals surface area contributed by atoms with Gasteiger partial charge in [0.05, 0.1) is 16.4 Å². The molecule has 0 fully saturated rings. The zero-order valence-corrected chi connectivity index (χ0v) is 29.3. The van der Waals surface area contributed by atoms with E-state index < -0.39 is 5.41 Å². The molecule has 1 spiro atoms. The van der Waals surface area contributed by atoms with Crippen molar-refractivity contribution in [2.24, 2.45) is 0 Å². The van der Waals surface area contributed by atoms with Crippen LogP contribution in [-0.4, -0.2) is 4.57 Å². The standard InChI is InChI=1S/C51H32N2O/c1-3-15-33(16-4-1)52(34-17-5-2-6-18-34)35-28-30-41-45(31-35)51(49-42-22-10-14-26-48(42)54-50(41)49)43-23-11-7-19-37(43)38-29-27-36(32-44(38)51)53-46-24-12-8-20-39(46)40-21-9-13-25-47(40)53/h1-32H. The number of aromatic nitrogens is 1. The van der Waals surface area contributed by atoms with E-state index in [1.165, 1.54) is 55.2 Å². The Balaban J connectivity index is 1.20. The third-order valence-corrected chi connectivity index (χ3v) is 11.8. The zero-order chi connectivity index (χ0) is 35.4. The molecule has 0 radical (unpaired) electrons. The Bertz CT molecular complexity index is 3020. The fourth-order valence-corrected chi connectivity index (χ4v) is 9.69. The number of hydrogen-bond acceptors (Lipinski definition) is 2. The molecule has 12 rings (SSSR count). The van der Waals surface area contributed by atoms with Crippen LogP contribution in [0.1, 0.15) is 22.3 Å². The van der Waals surface area contributed by atoms with Gasteiger partial charge in [-0.2, -0.15) is 0 Å². The van der Waals surface area contributed by atoms with Gasteiger partial charge in [-0.1, -0.05) is 121 Å². The summed E-state index contributed by atoms with van der Waals surface area (Å²) >= 11 is 0. The van der Waals surface area contributed by atoms with Crippen LogP contribution in [0.5, 0.6) is 0 Å². The molecule has 1 atom stereocenters. The molecule has 0 saturated carbocycles. The summed E-state index contributed by atoms with van der Waals surface area (Å²) in [6.45, 7) is 0. The fraction of sp³-hybridized carbons (Fsp3) is 0.0196. The first kappa shape index (κ1) is 29.5. The highest BCUT2D eigenvalue weighted by Crippen LogP contribution is 2.65. The molecular weight excluding hydrogens is 657 g/mol. The van der Waals surface area contributed by atoms with E-state index in [2.05, 4.69) is 204 Å². The van der Waals surface area contributed by atoms with Gasteiger partial charge in [0.1, 0.15) is 11.3 Å². The molecule has 54 heavy (non-hydrogen) atoms. The van der Waals surface area contributed by atoms with Gasteiger partial charge in [0.25, 0.3) is 0 Å². The van der Waals surface area contributed by atoms with Gasteiger partial charge in [-0.15, -0.1) is 0 Å². The van der Waals surface area contributed by atoms with E-state index in [1.807, 2.05) is 0 Å². The topological polar surface area (TPSA) is 21.3 Å². The molecule has 2 aromatic heterocycles. The van der Waals surface area contributed by atoms with Crippen molar-refractivity contribution in [2.45, 2.75) is 5.41 Å². The molecule has 0 N–H and O–H groups in total. The van der Waals surface area contributed by atoms with Crippen molar-refractivity contribution in [1.82, 2.24) is 4.57 Å². The van der Waals surface area contributed by atoms with Crippen LogP contribution in [0.25, 0.3) is 60.9 Å². The predicted octanol–water partition coefficient (Wildman–Crippen LogP) is 13.3. The van der Waals surface area contributed by atoms with E-state index in [1.54, 1.807) is 0 Å². The van der Waals surface area contributed by atoms with Gasteiger partial charge in [0.2, 0.25) is 0 Å². The molecule has 8 aromatic carbocycles. The van der Waals surface area contributed by atoms with E-state index in [0.29, 0.717) is 0 Å². The molecule has 0 saturated heterocycles. The maximum absolute atomic E-state index is 6.92. The highest BCUT2D eigenvalue weighted by atomic mass is 16.3. The Morgan fingerprint density at radius 3 is 1.69 bits per heavy atom. The molecule has 0 aliphatic heterocycles. The number of furan rings is 1. The first-order valence-corrected chi connectivity index (χ1v) is 18.6. The summed E-state index contributed by atoms with van der Waals surface area (Å²) in [4.78, 5) is 2.36. The van der Waals surface area contributed by atoms with Gasteiger partial charge in [-0.05, 0) is 101 Å². The van der Waals surface area contributed by atoms with Crippen LogP contribution in [0.3, 0.4) is 0 Å². The summed E-state index contributed by atoms with van der Waals surface area (Å²) in [6.07, 6.45) is 0. The lowest BCUT2D eigenvalue weighted by molar-refractivity contribution is 0.628. The number of para-hydroxylation sites is 5. The van der Waals surface area contributed by atoms with Crippen molar-refractivity contribution in [3.05, 3.63) is 216 Å². The van der Waals surface area contributed by atoms with Crippen LogP contribution in [0.2, 0.25) is 0 Å². The van der Waals surface area contributed by atoms with Crippen molar-refractivity contribution in [3.63, 3.8) is 0 Å². The quantitative estimate of drug-likeness (QED) is 0.184. The first-order valence-electron chi connectivity index (χ1n) is 18.6. The molecule has 2 aliphatic rings. The van der Waals surface area contributed by atoms with Crippen molar-refractivity contribution in [2.75, 3.05) is 4.90 Å². The van der Waals surface area contributed by atoms with Gasteiger partial charge in [-0.25, -0.2) is 0 Å². The lowest BCUT2D eigenvalue weighted by Gasteiger charge is -2.32.